The van der Waals surface area contributed by atoms with Crippen LogP contribution in [0.15, 0.2) is 24.3 Å². The highest BCUT2D eigenvalue weighted by molar-refractivity contribution is 6.30. The van der Waals surface area contributed by atoms with E-state index in [0.29, 0.717) is 5.54 Å². The second kappa shape index (κ2) is 5.72. The summed E-state index contributed by atoms with van der Waals surface area (Å²) in [5.74, 6) is 0. The average molecular weight is 279 g/mol. The van der Waals surface area contributed by atoms with Gasteiger partial charge in [0.2, 0.25) is 0 Å². The maximum atomic E-state index is 5.99. The zero-order chi connectivity index (χ0) is 13.1. The van der Waals surface area contributed by atoms with Gasteiger partial charge in [0, 0.05) is 29.3 Å². The molecule has 2 aliphatic rings. The molecule has 2 fully saturated rings. The topological polar surface area (TPSA) is 15.3 Å². The van der Waals surface area contributed by atoms with Gasteiger partial charge in [-0.2, -0.15) is 0 Å². The van der Waals surface area contributed by atoms with E-state index in [9.17, 15) is 0 Å². The molecule has 0 bridgehead atoms. The van der Waals surface area contributed by atoms with E-state index in [1.165, 1.54) is 44.2 Å². The predicted molar refractivity (Wildman–Crippen MR) is 82.1 cm³/mol. The fourth-order valence-corrected chi connectivity index (χ4v) is 3.69. The van der Waals surface area contributed by atoms with Crippen molar-refractivity contribution in [3.8, 4) is 0 Å². The molecular formula is C16H23ClN2. The van der Waals surface area contributed by atoms with E-state index in [0.717, 1.165) is 24.7 Å². The van der Waals surface area contributed by atoms with Crippen molar-refractivity contribution in [2.75, 3.05) is 24.5 Å². The first kappa shape index (κ1) is 13.3. The molecule has 1 aromatic carbocycles. The van der Waals surface area contributed by atoms with E-state index in [1.54, 1.807) is 0 Å². The van der Waals surface area contributed by atoms with E-state index in [1.807, 2.05) is 12.1 Å². The summed E-state index contributed by atoms with van der Waals surface area (Å²) >= 11 is 5.99. The fourth-order valence-electron chi connectivity index (χ4n) is 3.56. The number of hydrogen-bond donors (Lipinski definition) is 1. The quantitative estimate of drug-likeness (QED) is 0.840. The van der Waals surface area contributed by atoms with E-state index in [2.05, 4.69) is 22.3 Å². The molecule has 19 heavy (non-hydrogen) atoms. The van der Waals surface area contributed by atoms with E-state index >= 15 is 0 Å². The minimum absolute atomic E-state index is 0.356. The second-order valence-electron chi connectivity index (χ2n) is 6.02. The van der Waals surface area contributed by atoms with Gasteiger partial charge in [0.05, 0.1) is 0 Å². The second-order valence-corrected chi connectivity index (χ2v) is 6.46. The largest absolute Gasteiger partial charge is 0.370 e. The summed E-state index contributed by atoms with van der Waals surface area (Å²) in [5.41, 5.74) is 1.67. The van der Waals surface area contributed by atoms with Crippen molar-refractivity contribution < 1.29 is 0 Å². The predicted octanol–water partition coefficient (Wildman–Crippen LogP) is 3.84. The van der Waals surface area contributed by atoms with Crippen LogP contribution < -0.4 is 10.2 Å². The molecule has 1 aliphatic heterocycles. The van der Waals surface area contributed by atoms with Gasteiger partial charge in [-0.15, -0.1) is 0 Å². The molecule has 3 rings (SSSR count). The summed E-state index contributed by atoms with van der Waals surface area (Å²) < 4.78 is 0. The minimum atomic E-state index is 0.356. The molecule has 0 radical (unpaired) electrons. The molecule has 0 atom stereocenters. The summed E-state index contributed by atoms with van der Waals surface area (Å²) in [6, 6.07) is 8.32. The van der Waals surface area contributed by atoms with Crippen LogP contribution in [0.5, 0.6) is 0 Å². The molecule has 0 unspecified atom stereocenters. The van der Waals surface area contributed by atoms with Gasteiger partial charge in [-0.3, -0.25) is 0 Å². The van der Waals surface area contributed by atoms with Crippen molar-refractivity contribution in [2.24, 2.45) is 0 Å². The Morgan fingerprint density at radius 1 is 1.00 bits per heavy atom. The Labute approximate surface area is 121 Å². The van der Waals surface area contributed by atoms with Crippen LogP contribution in [-0.4, -0.2) is 25.2 Å². The van der Waals surface area contributed by atoms with Gasteiger partial charge in [-0.05, 0) is 50.1 Å². The highest BCUT2D eigenvalue weighted by atomic mass is 35.5. The van der Waals surface area contributed by atoms with Crippen LogP contribution in [0, 0.1) is 0 Å². The van der Waals surface area contributed by atoms with Gasteiger partial charge in [-0.25, -0.2) is 0 Å². The van der Waals surface area contributed by atoms with Gasteiger partial charge in [0.1, 0.15) is 0 Å². The first-order chi connectivity index (χ1) is 9.27. The summed E-state index contributed by atoms with van der Waals surface area (Å²) in [5, 5.41) is 4.66. The van der Waals surface area contributed by atoms with Crippen molar-refractivity contribution >= 4 is 17.3 Å². The number of hydrogen-bond acceptors (Lipinski definition) is 2. The lowest BCUT2D eigenvalue weighted by molar-refractivity contribution is 0.246. The van der Waals surface area contributed by atoms with Gasteiger partial charge in [0.15, 0.2) is 0 Å². The Hall–Kier alpha value is -0.730. The number of benzene rings is 1. The molecular weight excluding hydrogens is 256 g/mol. The zero-order valence-electron chi connectivity index (χ0n) is 11.5. The Morgan fingerprint density at radius 2 is 1.74 bits per heavy atom. The summed E-state index contributed by atoms with van der Waals surface area (Å²) in [6.07, 6.45) is 8.05. The summed E-state index contributed by atoms with van der Waals surface area (Å²) in [4.78, 5) is 2.54. The van der Waals surface area contributed by atoms with Gasteiger partial charge in [0.25, 0.3) is 0 Å². The van der Waals surface area contributed by atoms with Crippen molar-refractivity contribution in [1.82, 2.24) is 5.32 Å². The monoisotopic (exact) mass is 278 g/mol. The molecule has 1 N–H and O–H groups in total. The van der Waals surface area contributed by atoms with Gasteiger partial charge in [-0.1, -0.05) is 30.9 Å². The molecule has 1 heterocycles. The minimum Gasteiger partial charge on any atom is -0.370 e. The van der Waals surface area contributed by atoms with Gasteiger partial charge < -0.3 is 10.2 Å². The van der Waals surface area contributed by atoms with Gasteiger partial charge >= 0.3 is 0 Å². The molecule has 3 heteroatoms. The van der Waals surface area contributed by atoms with Crippen LogP contribution in [0.3, 0.4) is 0 Å². The highest BCUT2D eigenvalue weighted by Gasteiger charge is 2.34. The van der Waals surface area contributed by atoms with Crippen LogP contribution in [0.1, 0.15) is 38.5 Å². The third kappa shape index (κ3) is 3.06. The smallest absolute Gasteiger partial charge is 0.0407 e. The fraction of sp³-hybridized carbons (Fsp3) is 0.625. The Morgan fingerprint density at radius 3 is 2.47 bits per heavy atom. The van der Waals surface area contributed by atoms with Crippen LogP contribution in [-0.2, 0) is 0 Å². The molecule has 0 aromatic heterocycles. The standard InChI is InChI=1S/C16H23ClN2/c17-14-5-7-15(8-6-14)19-12-4-11-18-16(13-19)9-2-1-3-10-16/h5-8,18H,1-4,9-13H2. The number of nitrogens with zero attached hydrogens (tertiary/aromatic N) is 1. The van der Waals surface area contributed by atoms with Crippen molar-refractivity contribution in [3.63, 3.8) is 0 Å². The van der Waals surface area contributed by atoms with E-state index in [-0.39, 0.29) is 0 Å². The molecule has 0 amide bonds. The molecule has 1 spiro atoms. The lowest BCUT2D eigenvalue weighted by Gasteiger charge is -2.40. The lowest BCUT2D eigenvalue weighted by Crippen LogP contribution is -2.52. The SMILES string of the molecule is Clc1ccc(N2CCCNC3(CCCCC3)C2)cc1. The summed E-state index contributed by atoms with van der Waals surface area (Å²) in [7, 11) is 0. The first-order valence-electron chi connectivity index (χ1n) is 7.53. The average Bonchev–Trinajstić information content (AvgIpc) is 2.64. The van der Waals surface area contributed by atoms with Crippen molar-refractivity contribution in [1.29, 1.82) is 0 Å². The molecule has 1 aromatic rings. The molecule has 104 valence electrons. The normalized spacial score (nSPS) is 23.3. The number of nitrogens with one attached hydrogen (secondary N) is 1. The maximum absolute atomic E-state index is 5.99. The number of anilines is 1. The van der Waals surface area contributed by atoms with E-state index < -0.39 is 0 Å². The lowest BCUT2D eigenvalue weighted by atomic mass is 9.81. The van der Waals surface area contributed by atoms with Crippen LogP contribution >= 0.6 is 11.6 Å². The number of rotatable bonds is 1. The maximum Gasteiger partial charge on any atom is 0.0407 e. The molecule has 1 aliphatic carbocycles. The van der Waals surface area contributed by atoms with Crippen LogP contribution in [0.4, 0.5) is 5.69 Å². The zero-order valence-corrected chi connectivity index (χ0v) is 12.3. The van der Waals surface area contributed by atoms with E-state index in [4.69, 9.17) is 11.6 Å². The van der Waals surface area contributed by atoms with Crippen LogP contribution in [0.25, 0.3) is 0 Å². The van der Waals surface area contributed by atoms with Crippen molar-refractivity contribution in [2.45, 2.75) is 44.1 Å². The number of halogens is 1. The third-order valence-electron chi connectivity index (χ3n) is 4.60. The highest BCUT2D eigenvalue weighted by Crippen LogP contribution is 2.32. The third-order valence-corrected chi connectivity index (χ3v) is 4.85. The van der Waals surface area contributed by atoms with Crippen molar-refractivity contribution in [3.05, 3.63) is 29.3 Å². The molecule has 1 saturated heterocycles. The molecule has 2 nitrogen and oxygen atoms in total. The first-order valence-corrected chi connectivity index (χ1v) is 7.91. The van der Waals surface area contributed by atoms with Crippen LogP contribution in [0.2, 0.25) is 5.02 Å². The Bertz CT molecular complexity index is 409. The molecule has 1 saturated carbocycles. The Kier molecular flexibility index (Phi) is 3.99. The summed E-state index contributed by atoms with van der Waals surface area (Å²) in [6.45, 7) is 3.45. The Balaban J connectivity index is 1.78.